The molecule has 8 heteroatoms. The molecular formula is C46H78O7S. The van der Waals surface area contributed by atoms with Crippen molar-refractivity contribution in [3.05, 3.63) is 53.6 Å². The molecule has 0 aromatic heterocycles. The van der Waals surface area contributed by atoms with Gasteiger partial charge in [-0.25, -0.2) is 9.59 Å². The predicted octanol–water partition coefficient (Wildman–Crippen LogP) is 14.1. The lowest BCUT2D eigenvalue weighted by atomic mass is 10.1. The van der Waals surface area contributed by atoms with Gasteiger partial charge in [0.15, 0.2) is 0 Å². The van der Waals surface area contributed by atoms with Crippen molar-refractivity contribution in [3.63, 3.8) is 0 Å². The Hall–Kier alpha value is -2.45. The van der Waals surface area contributed by atoms with Gasteiger partial charge in [0.25, 0.3) is 10.1 Å². The van der Waals surface area contributed by atoms with Gasteiger partial charge in [-0.3, -0.25) is 4.55 Å². The number of hydrogen-bond acceptors (Lipinski definition) is 6. The van der Waals surface area contributed by atoms with Gasteiger partial charge >= 0.3 is 11.9 Å². The molecule has 310 valence electrons. The molecular weight excluding hydrogens is 697 g/mol. The van der Waals surface area contributed by atoms with Crippen LogP contribution in [0.25, 0.3) is 0 Å². The molecule has 0 unspecified atom stereocenters. The Labute approximate surface area is 331 Å². The summed E-state index contributed by atoms with van der Waals surface area (Å²) >= 11 is 0. The second-order valence-electron chi connectivity index (χ2n) is 15.0. The third-order valence-corrected chi connectivity index (χ3v) is 10.9. The molecule has 54 heavy (non-hydrogen) atoms. The SMILES string of the molecule is CCCCCCCCCCCC/C=C/CCCCCOC(=O)c1ccc(S(=O)(=O)O)cc1C(=O)OCCCCC/C=C/CCCCCCCCCCCC. The van der Waals surface area contributed by atoms with Crippen LogP contribution in [0.5, 0.6) is 0 Å². The van der Waals surface area contributed by atoms with Crippen LogP contribution < -0.4 is 0 Å². The van der Waals surface area contributed by atoms with E-state index in [9.17, 15) is 22.6 Å². The minimum Gasteiger partial charge on any atom is -0.462 e. The average Bonchev–Trinajstić information content (AvgIpc) is 3.16. The lowest BCUT2D eigenvalue weighted by Gasteiger charge is -2.11. The van der Waals surface area contributed by atoms with Crippen LogP contribution in [0.1, 0.15) is 227 Å². The lowest BCUT2D eigenvalue weighted by molar-refractivity contribution is 0.0450. The molecule has 1 aromatic carbocycles. The molecule has 0 aliphatic rings. The van der Waals surface area contributed by atoms with Crippen LogP contribution in [0.3, 0.4) is 0 Å². The summed E-state index contributed by atoms with van der Waals surface area (Å²) in [4.78, 5) is 25.3. The number of carbonyl (C=O) groups is 2. The topological polar surface area (TPSA) is 107 Å². The van der Waals surface area contributed by atoms with Crippen LogP contribution in [0.15, 0.2) is 47.4 Å². The first-order valence-electron chi connectivity index (χ1n) is 22.1. The summed E-state index contributed by atoms with van der Waals surface area (Å²) in [6, 6.07) is 3.27. The Kier molecular flexibility index (Phi) is 32.1. The molecule has 0 spiro atoms. The molecule has 7 nitrogen and oxygen atoms in total. The number of carbonyl (C=O) groups excluding carboxylic acids is 2. The van der Waals surface area contributed by atoms with Crippen molar-refractivity contribution >= 4 is 22.1 Å². The smallest absolute Gasteiger partial charge is 0.339 e. The summed E-state index contributed by atoms with van der Waals surface area (Å²) in [5.74, 6) is -1.53. The Balaban J connectivity index is 2.25. The molecule has 0 bridgehead atoms. The van der Waals surface area contributed by atoms with E-state index in [-0.39, 0.29) is 24.3 Å². The summed E-state index contributed by atoms with van der Waals surface area (Å²) < 4.78 is 43.9. The van der Waals surface area contributed by atoms with Gasteiger partial charge in [-0.05, 0) is 95.2 Å². The fourth-order valence-corrected chi connectivity index (χ4v) is 7.08. The van der Waals surface area contributed by atoms with Crippen LogP contribution >= 0.6 is 0 Å². The van der Waals surface area contributed by atoms with Crippen molar-refractivity contribution in [2.24, 2.45) is 0 Å². The third-order valence-electron chi connectivity index (χ3n) is 10.0. The number of allylic oxidation sites excluding steroid dienone is 4. The van der Waals surface area contributed by atoms with Crippen molar-refractivity contribution in [1.29, 1.82) is 0 Å². The predicted molar refractivity (Wildman–Crippen MR) is 225 cm³/mol. The van der Waals surface area contributed by atoms with E-state index in [1.807, 2.05) is 0 Å². The van der Waals surface area contributed by atoms with Crippen LogP contribution in [-0.2, 0) is 19.6 Å². The molecule has 0 saturated heterocycles. The van der Waals surface area contributed by atoms with Gasteiger partial charge in [-0.15, -0.1) is 0 Å². The highest BCUT2D eigenvalue weighted by Gasteiger charge is 2.23. The number of hydrogen-bond donors (Lipinski definition) is 1. The van der Waals surface area contributed by atoms with E-state index in [0.29, 0.717) is 12.8 Å². The highest BCUT2D eigenvalue weighted by molar-refractivity contribution is 7.85. The molecule has 0 amide bonds. The van der Waals surface area contributed by atoms with E-state index in [2.05, 4.69) is 38.2 Å². The molecule has 1 aromatic rings. The second kappa shape index (κ2) is 35.0. The van der Waals surface area contributed by atoms with Gasteiger partial charge in [0.2, 0.25) is 0 Å². The van der Waals surface area contributed by atoms with Crippen molar-refractivity contribution in [2.45, 2.75) is 211 Å². The van der Waals surface area contributed by atoms with Crippen molar-refractivity contribution < 1.29 is 32.0 Å². The van der Waals surface area contributed by atoms with Gasteiger partial charge in [0.1, 0.15) is 0 Å². The Morgan fingerprint density at radius 3 is 1.15 bits per heavy atom. The molecule has 0 aliphatic heterocycles. The summed E-state index contributed by atoms with van der Waals surface area (Å²) in [5, 5.41) is 0. The zero-order chi connectivity index (χ0) is 39.4. The Bertz CT molecular complexity index is 1240. The maximum atomic E-state index is 12.9. The molecule has 0 aliphatic carbocycles. The molecule has 0 radical (unpaired) electrons. The monoisotopic (exact) mass is 775 g/mol. The lowest BCUT2D eigenvalue weighted by Crippen LogP contribution is -2.16. The van der Waals surface area contributed by atoms with Gasteiger partial charge < -0.3 is 9.47 Å². The third kappa shape index (κ3) is 28.0. The summed E-state index contributed by atoms with van der Waals surface area (Å²) in [6.07, 6.45) is 45.3. The van der Waals surface area contributed by atoms with Gasteiger partial charge in [-0.1, -0.05) is 154 Å². The van der Waals surface area contributed by atoms with E-state index in [4.69, 9.17) is 9.47 Å². The molecule has 0 saturated carbocycles. The number of benzene rings is 1. The second-order valence-corrected chi connectivity index (χ2v) is 16.5. The first-order chi connectivity index (χ1) is 26.3. The first-order valence-corrected chi connectivity index (χ1v) is 23.5. The van der Waals surface area contributed by atoms with E-state index >= 15 is 0 Å². The van der Waals surface area contributed by atoms with Gasteiger partial charge in [0, 0.05) is 0 Å². The zero-order valence-electron chi connectivity index (χ0n) is 34.5. The molecule has 0 atom stereocenters. The largest absolute Gasteiger partial charge is 0.462 e. The summed E-state index contributed by atoms with van der Waals surface area (Å²) in [6.45, 7) is 4.87. The Morgan fingerprint density at radius 1 is 0.481 bits per heavy atom. The average molecular weight is 775 g/mol. The Morgan fingerprint density at radius 2 is 0.796 bits per heavy atom. The van der Waals surface area contributed by atoms with E-state index < -0.39 is 27.0 Å². The van der Waals surface area contributed by atoms with E-state index in [1.54, 1.807) is 0 Å². The molecule has 0 heterocycles. The molecule has 1 rings (SSSR count). The van der Waals surface area contributed by atoms with Crippen molar-refractivity contribution in [2.75, 3.05) is 13.2 Å². The minimum absolute atomic E-state index is 0.0742. The fraction of sp³-hybridized carbons (Fsp3) is 0.739. The maximum absolute atomic E-state index is 12.9. The van der Waals surface area contributed by atoms with E-state index in [1.165, 1.54) is 134 Å². The van der Waals surface area contributed by atoms with Crippen molar-refractivity contribution in [1.82, 2.24) is 0 Å². The normalized spacial score (nSPS) is 11.9. The summed E-state index contributed by atoms with van der Waals surface area (Å²) in [5.41, 5.74) is -0.299. The van der Waals surface area contributed by atoms with Crippen LogP contribution in [0.2, 0.25) is 0 Å². The van der Waals surface area contributed by atoms with Crippen LogP contribution in [0, 0.1) is 0 Å². The van der Waals surface area contributed by atoms with E-state index in [0.717, 1.165) is 63.5 Å². The minimum atomic E-state index is -4.57. The highest BCUT2D eigenvalue weighted by Crippen LogP contribution is 2.20. The molecule has 1 N–H and O–H groups in total. The summed E-state index contributed by atoms with van der Waals surface area (Å²) in [7, 11) is -4.57. The first kappa shape index (κ1) is 49.6. The van der Waals surface area contributed by atoms with Gasteiger partial charge in [-0.2, -0.15) is 8.42 Å². The zero-order valence-corrected chi connectivity index (χ0v) is 35.3. The number of unbranched alkanes of at least 4 members (excludes halogenated alkanes) is 26. The molecule has 0 fully saturated rings. The van der Waals surface area contributed by atoms with Crippen molar-refractivity contribution in [3.8, 4) is 0 Å². The highest BCUT2D eigenvalue weighted by atomic mass is 32.2. The quantitative estimate of drug-likeness (QED) is 0.0310. The number of rotatable bonds is 37. The number of esters is 2. The van der Waals surface area contributed by atoms with Crippen LogP contribution in [-0.4, -0.2) is 38.1 Å². The van der Waals surface area contributed by atoms with Gasteiger partial charge in [0.05, 0.1) is 29.2 Å². The number of ether oxygens (including phenoxy) is 2. The standard InChI is InChI=1S/C46H78O7S/c1-3-5-7-9-11-13-15-17-19-21-23-25-27-29-31-33-35-39-52-45(47)43-38-37-42(54(49,50)51)41-44(43)46(48)53-40-36-34-32-30-28-26-24-22-20-18-16-14-12-10-8-6-4-2/h25-28,37-38,41H,3-24,29-36,39-40H2,1-2H3,(H,49,50,51)/b27-25+,28-26+. The maximum Gasteiger partial charge on any atom is 0.339 e. The fourth-order valence-electron chi connectivity index (χ4n) is 6.57. The van der Waals surface area contributed by atoms with Crippen LogP contribution in [0.4, 0.5) is 0 Å².